The quantitative estimate of drug-likeness (QED) is 0.687. The number of methoxy groups -OCH3 is 1. The van der Waals surface area contributed by atoms with Crippen LogP contribution in [0.4, 0.5) is 0 Å². The summed E-state index contributed by atoms with van der Waals surface area (Å²) in [6.45, 7) is 4.67. The number of ether oxygens (including phenoxy) is 1. The third-order valence-corrected chi connectivity index (χ3v) is 9.92. The number of amides is 1. The van der Waals surface area contributed by atoms with Crippen LogP contribution in [0.2, 0.25) is 0 Å². The lowest BCUT2D eigenvalue weighted by Gasteiger charge is -2.43. The zero-order valence-corrected chi connectivity index (χ0v) is 17.5. The van der Waals surface area contributed by atoms with Gasteiger partial charge in [-0.25, -0.2) is 12.7 Å². The van der Waals surface area contributed by atoms with Crippen LogP contribution in [0.25, 0.3) is 0 Å². The largest absolute Gasteiger partial charge is 0.383 e. The molecule has 8 heteroatoms. The van der Waals surface area contributed by atoms with E-state index in [2.05, 4.69) is 4.90 Å². The summed E-state index contributed by atoms with van der Waals surface area (Å²) >= 11 is 0. The minimum Gasteiger partial charge on any atom is -0.383 e. The van der Waals surface area contributed by atoms with Crippen LogP contribution < -0.4 is 0 Å². The molecule has 4 aliphatic rings. The Labute approximate surface area is 163 Å². The number of carbonyl (C=O) groups is 1. The molecule has 0 aromatic heterocycles. The minimum absolute atomic E-state index is 0.141. The fraction of sp³-hybridized carbons (Fsp3) is 0.947. The number of likely N-dealkylation sites (tertiary alicyclic amines) is 2. The number of carbonyl (C=O) groups excluding carboxylic acids is 1. The van der Waals surface area contributed by atoms with Gasteiger partial charge < -0.3 is 14.5 Å². The van der Waals surface area contributed by atoms with E-state index in [9.17, 15) is 13.2 Å². The Kier molecular flexibility index (Phi) is 5.06. The fourth-order valence-corrected chi connectivity index (χ4v) is 7.30. The van der Waals surface area contributed by atoms with Gasteiger partial charge in [-0.1, -0.05) is 0 Å². The highest BCUT2D eigenvalue weighted by molar-refractivity contribution is 7.90. The van der Waals surface area contributed by atoms with E-state index in [1.165, 1.54) is 0 Å². The number of sulfonamides is 1. The van der Waals surface area contributed by atoms with Crippen LogP contribution in [0, 0.1) is 5.41 Å². The van der Waals surface area contributed by atoms with Gasteiger partial charge in [0.05, 0.1) is 17.3 Å². The molecule has 0 aromatic rings. The van der Waals surface area contributed by atoms with Gasteiger partial charge in [-0.15, -0.1) is 0 Å². The van der Waals surface area contributed by atoms with Crippen LogP contribution in [-0.4, -0.2) is 92.7 Å². The number of nitrogens with zero attached hydrogens (tertiary/aromatic N) is 3. The van der Waals surface area contributed by atoms with Crippen LogP contribution >= 0.6 is 0 Å². The molecule has 2 spiro atoms. The molecule has 0 radical (unpaired) electrons. The van der Waals surface area contributed by atoms with Gasteiger partial charge in [-0.3, -0.25) is 4.79 Å². The second kappa shape index (κ2) is 6.97. The van der Waals surface area contributed by atoms with Crippen molar-refractivity contribution < 1.29 is 17.9 Å². The van der Waals surface area contributed by atoms with E-state index in [4.69, 9.17) is 4.74 Å². The molecule has 27 heavy (non-hydrogen) atoms. The molecule has 3 aliphatic heterocycles. The summed E-state index contributed by atoms with van der Waals surface area (Å²) in [6, 6.07) is 0. The third kappa shape index (κ3) is 3.32. The fourth-order valence-electron chi connectivity index (χ4n) is 5.46. The number of piperidine rings is 2. The molecule has 4 fully saturated rings. The smallest absolute Gasteiger partial charge is 0.229 e. The van der Waals surface area contributed by atoms with E-state index in [0.717, 1.165) is 71.2 Å². The van der Waals surface area contributed by atoms with Crippen molar-refractivity contribution in [3.63, 3.8) is 0 Å². The average molecular weight is 400 g/mol. The lowest BCUT2D eigenvalue weighted by molar-refractivity contribution is -0.139. The predicted octanol–water partition coefficient (Wildman–Crippen LogP) is 0.904. The van der Waals surface area contributed by atoms with Crippen LogP contribution in [0.3, 0.4) is 0 Å². The standard InChI is InChI=1S/C19H33N3O4S/c1-20-17(23)18(5-9-21(10-6-18)13-14-26-2)15-19(20)7-11-22(12-8-19)27(24,25)16-3-4-16/h16H,3-15H2,1-2H3. The topological polar surface area (TPSA) is 70.2 Å². The molecule has 1 aliphatic carbocycles. The summed E-state index contributed by atoms with van der Waals surface area (Å²) in [5.74, 6) is 0.285. The van der Waals surface area contributed by atoms with Crippen molar-refractivity contribution >= 4 is 15.9 Å². The Hall–Kier alpha value is -0.700. The van der Waals surface area contributed by atoms with E-state index in [1.807, 2.05) is 11.9 Å². The molecule has 0 bridgehead atoms. The SMILES string of the molecule is COCCN1CCC2(CC1)CC1(CCN(S(=O)(=O)C3CC3)CC1)N(C)C2=O. The van der Waals surface area contributed by atoms with Crippen molar-refractivity contribution in [2.24, 2.45) is 5.41 Å². The van der Waals surface area contributed by atoms with Crippen molar-refractivity contribution in [1.82, 2.24) is 14.1 Å². The second-order valence-electron chi connectivity index (χ2n) is 9.02. The Morgan fingerprint density at radius 1 is 1.07 bits per heavy atom. The average Bonchev–Trinajstić information content (AvgIpc) is 3.50. The van der Waals surface area contributed by atoms with Gasteiger partial charge in [0, 0.05) is 39.3 Å². The molecular weight excluding hydrogens is 366 g/mol. The van der Waals surface area contributed by atoms with Crippen LogP contribution in [0.1, 0.15) is 44.9 Å². The molecular formula is C19H33N3O4S. The highest BCUT2D eigenvalue weighted by Gasteiger charge is 2.59. The first-order valence-electron chi connectivity index (χ1n) is 10.3. The molecule has 3 heterocycles. The van der Waals surface area contributed by atoms with Gasteiger partial charge in [-0.05, 0) is 58.0 Å². The van der Waals surface area contributed by atoms with Crippen LogP contribution in [0.5, 0.6) is 0 Å². The van der Waals surface area contributed by atoms with Crippen molar-refractivity contribution in [1.29, 1.82) is 0 Å². The van der Waals surface area contributed by atoms with E-state index in [1.54, 1.807) is 11.4 Å². The molecule has 0 unspecified atom stereocenters. The number of hydrogen-bond acceptors (Lipinski definition) is 5. The molecule has 4 rings (SSSR count). The molecule has 3 saturated heterocycles. The molecule has 0 atom stereocenters. The normalized spacial score (nSPS) is 29.1. The maximum atomic E-state index is 13.2. The van der Waals surface area contributed by atoms with Gasteiger partial charge in [0.25, 0.3) is 0 Å². The highest BCUT2D eigenvalue weighted by Crippen LogP contribution is 2.52. The summed E-state index contributed by atoms with van der Waals surface area (Å²) in [4.78, 5) is 17.6. The van der Waals surface area contributed by atoms with E-state index in [0.29, 0.717) is 13.1 Å². The maximum Gasteiger partial charge on any atom is 0.229 e. The summed E-state index contributed by atoms with van der Waals surface area (Å²) < 4.78 is 32.0. The first-order valence-corrected chi connectivity index (χ1v) is 11.8. The van der Waals surface area contributed by atoms with Gasteiger partial charge >= 0.3 is 0 Å². The summed E-state index contributed by atoms with van der Waals surface area (Å²) in [5.41, 5.74) is -0.392. The molecule has 7 nitrogen and oxygen atoms in total. The number of hydrogen-bond donors (Lipinski definition) is 0. The van der Waals surface area contributed by atoms with E-state index in [-0.39, 0.29) is 22.1 Å². The van der Waals surface area contributed by atoms with Crippen molar-refractivity contribution in [2.75, 3.05) is 53.5 Å². The zero-order chi connectivity index (χ0) is 19.3. The van der Waals surface area contributed by atoms with Crippen molar-refractivity contribution in [3.05, 3.63) is 0 Å². The first-order chi connectivity index (χ1) is 12.8. The van der Waals surface area contributed by atoms with Gasteiger partial charge in [0.15, 0.2) is 0 Å². The maximum absolute atomic E-state index is 13.2. The molecule has 0 aromatic carbocycles. The first kappa shape index (κ1) is 19.6. The summed E-state index contributed by atoms with van der Waals surface area (Å²) in [6.07, 6.45) is 5.88. The molecule has 1 saturated carbocycles. The van der Waals surface area contributed by atoms with E-state index < -0.39 is 10.0 Å². The van der Waals surface area contributed by atoms with Gasteiger partial charge in [0.1, 0.15) is 0 Å². The highest BCUT2D eigenvalue weighted by atomic mass is 32.2. The van der Waals surface area contributed by atoms with Crippen LogP contribution in [0.15, 0.2) is 0 Å². The summed E-state index contributed by atoms with van der Waals surface area (Å²) in [7, 11) is 0.562. The Balaban J connectivity index is 1.41. The van der Waals surface area contributed by atoms with Crippen LogP contribution in [-0.2, 0) is 19.6 Å². The molecule has 0 N–H and O–H groups in total. The van der Waals surface area contributed by atoms with Crippen molar-refractivity contribution in [2.45, 2.75) is 55.7 Å². The lowest BCUT2D eigenvalue weighted by Crippen LogP contribution is -2.53. The van der Waals surface area contributed by atoms with Crippen molar-refractivity contribution in [3.8, 4) is 0 Å². The predicted molar refractivity (Wildman–Crippen MR) is 103 cm³/mol. The van der Waals surface area contributed by atoms with Gasteiger partial charge in [0.2, 0.25) is 15.9 Å². The Morgan fingerprint density at radius 2 is 1.70 bits per heavy atom. The minimum atomic E-state index is -3.10. The number of rotatable bonds is 5. The monoisotopic (exact) mass is 399 g/mol. The van der Waals surface area contributed by atoms with Gasteiger partial charge in [-0.2, -0.15) is 0 Å². The molecule has 1 amide bonds. The Bertz CT molecular complexity index is 675. The zero-order valence-electron chi connectivity index (χ0n) is 16.7. The molecule has 154 valence electrons. The summed E-state index contributed by atoms with van der Waals surface area (Å²) in [5, 5.41) is -0.141. The Morgan fingerprint density at radius 3 is 2.26 bits per heavy atom. The lowest BCUT2D eigenvalue weighted by atomic mass is 9.71. The third-order valence-electron chi connectivity index (χ3n) is 7.52. The van der Waals surface area contributed by atoms with E-state index >= 15 is 0 Å². The second-order valence-corrected chi connectivity index (χ2v) is 11.2.